The molecule has 1 heterocycles. The number of esters is 1. The number of carbonyl (C=O) groups is 2. The van der Waals surface area contributed by atoms with Crippen molar-refractivity contribution in [2.45, 2.75) is 20.3 Å². The number of piperidine rings is 1. The SMILES string of the molecule is COC(=O)c1ccc(OCC(=O)N2C[C@H](C)C[C@@H](C)C2)c([N+](=O)[O-])c1. The molecule has 1 saturated heterocycles. The standard InChI is InChI=1S/C17H22N2O6/c1-11-6-12(2)9-18(8-11)16(20)10-25-15-5-4-13(17(21)24-3)7-14(15)19(22)23/h4-5,7,11-12H,6,8-10H2,1-3H3/t11-,12-/m1/s1. The number of amides is 1. The van der Waals surface area contributed by atoms with Crippen LogP contribution in [0, 0.1) is 22.0 Å². The van der Waals surface area contributed by atoms with E-state index in [0.717, 1.165) is 12.5 Å². The number of nitrogens with zero attached hydrogens (tertiary/aromatic N) is 2. The first kappa shape index (κ1) is 18.7. The lowest BCUT2D eigenvalue weighted by Gasteiger charge is -2.34. The van der Waals surface area contributed by atoms with Gasteiger partial charge in [-0.2, -0.15) is 0 Å². The summed E-state index contributed by atoms with van der Waals surface area (Å²) in [4.78, 5) is 36.1. The van der Waals surface area contributed by atoms with Crippen molar-refractivity contribution in [1.82, 2.24) is 4.90 Å². The van der Waals surface area contributed by atoms with Crippen LogP contribution in [0.4, 0.5) is 5.69 Å². The van der Waals surface area contributed by atoms with Crippen molar-refractivity contribution in [2.24, 2.45) is 11.8 Å². The zero-order chi connectivity index (χ0) is 18.6. The molecule has 0 radical (unpaired) electrons. The van der Waals surface area contributed by atoms with Crippen LogP contribution >= 0.6 is 0 Å². The topological polar surface area (TPSA) is 99.0 Å². The molecule has 1 aliphatic heterocycles. The first-order valence-corrected chi connectivity index (χ1v) is 8.09. The van der Waals surface area contributed by atoms with Crippen LogP contribution < -0.4 is 4.74 Å². The fourth-order valence-electron chi connectivity index (χ4n) is 3.12. The molecule has 1 aliphatic rings. The van der Waals surface area contributed by atoms with Gasteiger partial charge < -0.3 is 14.4 Å². The molecule has 1 amide bonds. The van der Waals surface area contributed by atoms with Crippen LogP contribution in [0.2, 0.25) is 0 Å². The zero-order valence-corrected chi connectivity index (χ0v) is 14.6. The molecule has 2 atom stereocenters. The fourth-order valence-corrected chi connectivity index (χ4v) is 3.12. The Hall–Kier alpha value is -2.64. The lowest BCUT2D eigenvalue weighted by Crippen LogP contribution is -2.44. The van der Waals surface area contributed by atoms with E-state index >= 15 is 0 Å². The molecule has 8 heteroatoms. The molecule has 2 rings (SSSR count). The third kappa shape index (κ3) is 4.68. The maximum atomic E-state index is 12.3. The Bertz CT molecular complexity index is 665. The Morgan fingerprint density at radius 2 is 1.92 bits per heavy atom. The zero-order valence-electron chi connectivity index (χ0n) is 14.6. The van der Waals surface area contributed by atoms with Gasteiger partial charge in [0.1, 0.15) is 0 Å². The van der Waals surface area contributed by atoms with Crippen molar-refractivity contribution in [2.75, 3.05) is 26.8 Å². The molecule has 0 unspecified atom stereocenters. The summed E-state index contributed by atoms with van der Waals surface area (Å²) in [5, 5.41) is 11.2. The minimum absolute atomic E-state index is 0.0477. The first-order valence-electron chi connectivity index (χ1n) is 8.09. The Labute approximate surface area is 145 Å². The second kappa shape index (κ2) is 7.96. The Morgan fingerprint density at radius 3 is 2.48 bits per heavy atom. The van der Waals surface area contributed by atoms with Crippen molar-refractivity contribution in [3.63, 3.8) is 0 Å². The molecule has 1 aromatic carbocycles. The van der Waals surface area contributed by atoms with E-state index in [1.165, 1.54) is 19.2 Å². The average Bonchev–Trinajstić information content (AvgIpc) is 2.57. The molecular formula is C17H22N2O6. The average molecular weight is 350 g/mol. The predicted octanol–water partition coefficient (Wildman–Crippen LogP) is 2.26. The summed E-state index contributed by atoms with van der Waals surface area (Å²) in [6, 6.07) is 3.75. The maximum absolute atomic E-state index is 12.3. The van der Waals surface area contributed by atoms with E-state index in [-0.39, 0.29) is 29.5 Å². The molecule has 1 aromatic rings. The number of carbonyl (C=O) groups excluding carboxylic acids is 2. The Morgan fingerprint density at radius 1 is 1.28 bits per heavy atom. The molecular weight excluding hydrogens is 328 g/mol. The minimum Gasteiger partial charge on any atom is -0.477 e. The van der Waals surface area contributed by atoms with E-state index in [9.17, 15) is 19.7 Å². The van der Waals surface area contributed by atoms with Gasteiger partial charge in [0.25, 0.3) is 5.91 Å². The van der Waals surface area contributed by atoms with E-state index in [2.05, 4.69) is 18.6 Å². The summed E-state index contributed by atoms with van der Waals surface area (Å²) in [6.07, 6.45) is 1.07. The van der Waals surface area contributed by atoms with Crippen molar-refractivity contribution >= 4 is 17.6 Å². The molecule has 25 heavy (non-hydrogen) atoms. The second-order valence-electron chi connectivity index (χ2n) is 6.46. The van der Waals surface area contributed by atoms with Crippen molar-refractivity contribution in [3.05, 3.63) is 33.9 Å². The number of methoxy groups -OCH3 is 1. The third-order valence-corrected chi connectivity index (χ3v) is 4.15. The number of hydrogen-bond donors (Lipinski definition) is 0. The van der Waals surface area contributed by atoms with Gasteiger partial charge in [-0.05, 0) is 30.4 Å². The van der Waals surface area contributed by atoms with Crippen molar-refractivity contribution < 1.29 is 24.0 Å². The summed E-state index contributed by atoms with van der Waals surface area (Å²) < 4.78 is 9.91. The van der Waals surface area contributed by atoms with E-state index in [1.807, 2.05) is 0 Å². The number of rotatable bonds is 5. The lowest BCUT2D eigenvalue weighted by molar-refractivity contribution is -0.385. The van der Waals surface area contributed by atoms with Gasteiger partial charge in [0.2, 0.25) is 0 Å². The van der Waals surface area contributed by atoms with E-state index in [1.54, 1.807) is 4.90 Å². The van der Waals surface area contributed by atoms with Gasteiger partial charge in [0.05, 0.1) is 17.6 Å². The number of likely N-dealkylation sites (tertiary alicyclic amines) is 1. The van der Waals surface area contributed by atoms with Crippen LogP contribution in [0.25, 0.3) is 0 Å². The van der Waals surface area contributed by atoms with Gasteiger partial charge in [0.15, 0.2) is 12.4 Å². The fraction of sp³-hybridized carbons (Fsp3) is 0.529. The van der Waals surface area contributed by atoms with Crippen LogP contribution in [0.5, 0.6) is 5.75 Å². The van der Waals surface area contributed by atoms with Crippen molar-refractivity contribution in [1.29, 1.82) is 0 Å². The van der Waals surface area contributed by atoms with Crippen LogP contribution in [-0.2, 0) is 9.53 Å². The number of nitro groups is 1. The lowest BCUT2D eigenvalue weighted by atomic mass is 9.92. The minimum atomic E-state index is -0.679. The summed E-state index contributed by atoms with van der Waals surface area (Å²) >= 11 is 0. The van der Waals surface area contributed by atoms with Gasteiger partial charge in [0, 0.05) is 19.2 Å². The highest BCUT2D eigenvalue weighted by Crippen LogP contribution is 2.28. The van der Waals surface area contributed by atoms with E-state index in [0.29, 0.717) is 24.9 Å². The van der Waals surface area contributed by atoms with Gasteiger partial charge in [-0.15, -0.1) is 0 Å². The predicted molar refractivity (Wildman–Crippen MR) is 89.5 cm³/mol. The third-order valence-electron chi connectivity index (χ3n) is 4.15. The summed E-state index contributed by atoms with van der Waals surface area (Å²) in [7, 11) is 1.19. The Kier molecular flexibility index (Phi) is 5.95. The van der Waals surface area contributed by atoms with E-state index < -0.39 is 10.9 Å². The Balaban J connectivity index is 2.08. The van der Waals surface area contributed by atoms with Crippen LogP contribution in [0.15, 0.2) is 18.2 Å². The quantitative estimate of drug-likeness (QED) is 0.459. The number of nitro benzene ring substituents is 1. The molecule has 0 N–H and O–H groups in total. The van der Waals surface area contributed by atoms with Crippen LogP contribution in [-0.4, -0.2) is 48.5 Å². The first-order chi connectivity index (χ1) is 11.8. The van der Waals surface area contributed by atoms with Gasteiger partial charge >= 0.3 is 11.7 Å². The second-order valence-corrected chi connectivity index (χ2v) is 6.46. The summed E-state index contributed by atoms with van der Waals surface area (Å²) in [5.74, 6) is -0.0985. The maximum Gasteiger partial charge on any atom is 0.338 e. The van der Waals surface area contributed by atoms with Crippen molar-refractivity contribution in [3.8, 4) is 5.75 Å². The largest absolute Gasteiger partial charge is 0.477 e. The molecule has 0 spiro atoms. The van der Waals surface area contributed by atoms with Gasteiger partial charge in [-0.1, -0.05) is 13.8 Å². The normalized spacial score (nSPS) is 20.0. The highest BCUT2D eigenvalue weighted by molar-refractivity contribution is 5.90. The molecule has 1 fully saturated rings. The highest BCUT2D eigenvalue weighted by Gasteiger charge is 2.26. The smallest absolute Gasteiger partial charge is 0.338 e. The number of benzene rings is 1. The van der Waals surface area contributed by atoms with Gasteiger partial charge in [-0.25, -0.2) is 4.79 Å². The van der Waals surface area contributed by atoms with Crippen LogP contribution in [0.1, 0.15) is 30.6 Å². The monoisotopic (exact) mass is 350 g/mol. The molecule has 0 aliphatic carbocycles. The summed E-state index contributed by atoms with van der Waals surface area (Å²) in [5.41, 5.74) is -0.331. The molecule has 0 bridgehead atoms. The molecule has 0 aromatic heterocycles. The number of hydrogen-bond acceptors (Lipinski definition) is 6. The van der Waals surface area contributed by atoms with Gasteiger partial charge in [-0.3, -0.25) is 14.9 Å². The summed E-state index contributed by atoms with van der Waals surface area (Å²) in [6.45, 7) is 5.23. The van der Waals surface area contributed by atoms with Crippen LogP contribution in [0.3, 0.4) is 0 Å². The molecule has 136 valence electrons. The highest BCUT2D eigenvalue weighted by atomic mass is 16.6. The molecule has 8 nitrogen and oxygen atoms in total. The number of ether oxygens (including phenoxy) is 2. The molecule has 0 saturated carbocycles. The van der Waals surface area contributed by atoms with E-state index in [4.69, 9.17) is 4.74 Å².